The molecule has 4 heteroatoms. The number of hydrogen-bond donors (Lipinski definition) is 0. The highest BCUT2D eigenvalue weighted by Crippen LogP contribution is 2.31. The Morgan fingerprint density at radius 2 is 1.91 bits per heavy atom. The van der Waals surface area contributed by atoms with Crippen LogP contribution in [-0.4, -0.2) is 28.6 Å². The molecule has 1 aliphatic heterocycles. The Labute approximate surface area is 147 Å². The minimum atomic E-state index is -0.0687. The molecule has 1 heterocycles. The van der Waals surface area contributed by atoms with Crippen molar-refractivity contribution < 1.29 is 4.74 Å². The molecule has 1 aliphatic rings. The summed E-state index contributed by atoms with van der Waals surface area (Å²) in [5.41, 5.74) is -0.0687. The van der Waals surface area contributed by atoms with Crippen LogP contribution in [0.1, 0.15) is 46.0 Å². The van der Waals surface area contributed by atoms with E-state index in [0.29, 0.717) is 11.9 Å². The van der Waals surface area contributed by atoms with E-state index >= 15 is 0 Å². The highest BCUT2D eigenvalue weighted by Gasteiger charge is 2.31. The Bertz CT molecular complexity index is 475. The van der Waals surface area contributed by atoms with Crippen LogP contribution in [0.2, 0.25) is 0 Å². The Morgan fingerprint density at radius 1 is 1.18 bits per heavy atom. The number of rotatable bonds is 9. The number of halogens is 1. The van der Waals surface area contributed by atoms with Gasteiger partial charge in [0, 0.05) is 10.2 Å². The van der Waals surface area contributed by atoms with Crippen LogP contribution in [-0.2, 0) is 4.74 Å². The number of nitrogens with zero attached hydrogens (tertiary/aromatic N) is 1. The van der Waals surface area contributed by atoms with Crippen LogP contribution in [0.3, 0.4) is 0 Å². The first-order valence-corrected chi connectivity index (χ1v) is 10.1. The smallest absolute Gasteiger partial charge is 0.197 e. The molecule has 0 aromatic heterocycles. The van der Waals surface area contributed by atoms with E-state index in [1.54, 1.807) is 0 Å². The van der Waals surface area contributed by atoms with Gasteiger partial charge in [-0.25, -0.2) is 4.99 Å². The zero-order valence-corrected chi connectivity index (χ0v) is 16.0. The van der Waals surface area contributed by atoms with Crippen molar-refractivity contribution >= 4 is 33.6 Å². The summed E-state index contributed by atoms with van der Waals surface area (Å²) >= 11 is 5.38. The van der Waals surface area contributed by atoms with Crippen LogP contribution in [0.5, 0.6) is 0 Å². The summed E-state index contributed by atoms with van der Waals surface area (Å²) in [5, 5.41) is 1.45. The predicted octanol–water partition coefficient (Wildman–Crippen LogP) is 5.70. The third-order valence-electron chi connectivity index (χ3n) is 3.63. The standard InChI is InChI=1S/C18H26BrNOS/c1-18(2)14-21-17(20-18)16(12-8-3-4-9-13-19)22-15-10-6-5-7-11-15/h5-7,10-11,16H,3-4,8-9,12-14H2,1-2H3. The van der Waals surface area contributed by atoms with Gasteiger partial charge in [-0.1, -0.05) is 53.4 Å². The monoisotopic (exact) mass is 383 g/mol. The molecule has 2 nitrogen and oxygen atoms in total. The SMILES string of the molecule is CC1(C)COC(C(CCCCCCBr)Sc2ccccc2)=N1. The van der Waals surface area contributed by atoms with Gasteiger partial charge in [0.1, 0.15) is 6.61 Å². The molecular formula is C18H26BrNOS. The first kappa shape index (κ1) is 17.9. The number of hydrogen-bond acceptors (Lipinski definition) is 3. The Kier molecular flexibility index (Phi) is 7.29. The molecule has 1 atom stereocenters. The van der Waals surface area contributed by atoms with Crippen LogP contribution in [0, 0.1) is 0 Å². The molecule has 0 N–H and O–H groups in total. The average molecular weight is 384 g/mol. The first-order chi connectivity index (χ1) is 10.6. The van der Waals surface area contributed by atoms with E-state index in [9.17, 15) is 0 Å². The second kappa shape index (κ2) is 8.97. The highest BCUT2D eigenvalue weighted by molar-refractivity contribution is 9.09. The molecule has 0 saturated heterocycles. The molecular weight excluding hydrogens is 358 g/mol. The summed E-state index contributed by atoms with van der Waals surface area (Å²) in [7, 11) is 0. The fourth-order valence-electron chi connectivity index (χ4n) is 2.45. The predicted molar refractivity (Wildman–Crippen MR) is 100 cm³/mol. The van der Waals surface area contributed by atoms with Crippen LogP contribution < -0.4 is 0 Å². The van der Waals surface area contributed by atoms with Crippen molar-refractivity contribution in [1.29, 1.82) is 0 Å². The third kappa shape index (κ3) is 5.96. The van der Waals surface area contributed by atoms with Crippen LogP contribution in [0.4, 0.5) is 0 Å². The van der Waals surface area contributed by atoms with Gasteiger partial charge in [-0.15, -0.1) is 11.8 Å². The molecule has 0 fully saturated rings. The summed E-state index contributed by atoms with van der Waals surface area (Å²) in [6.07, 6.45) is 6.22. The summed E-state index contributed by atoms with van der Waals surface area (Å²) in [4.78, 5) is 6.09. The Morgan fingerprint density at radius 3 is 2.55 bits per heavy atom. The number of unbranched alkanes of at least 4 members (excludes halogenated alkanes) is 3. The molecule has 0 aliphatic carbocycles. The molecule has 0 bridgehead atoms. The van der Waals surface area contributed by atoms with E-state index in [4.69, 9.17) is 9.73 Å². The molecule has 0 amide bonds. The second-order valence-electron chi connectivity index (χ2n) is 6.36. The zero-order chi connectivity index (χ0) is 15.8. The maximum absolute atomic E-state index is 5.90. The third-order valence-corrected chi connectivity index (χ3v) is 5.46. The van der Waals surface area contributed by atoms with Crippen molar-refractivity contribution in [2.45, 2.75) is 61.6 Å². The molecule has 2 rings (SSSR count). The van der Waals surface area contributed by atoms with Gasteiger partial charge in [0.25, 0.3) is 0 Å². The minimum Gasteiger partial charge on any atom is -0.478 e. The van der Waals surface area contributed by atoms with Crippen molar-refractivity contribution in [3.63, 3.8) is 0 Å². The largest absolute Gasteiger partial charge is 0.478 e. The van der Waals surface area contributed by atoms with Crippen molar-refractivity contribution in [1.82, 2.24) is 0 Å². The lowest BCUT2D eigenvalue weighted by Gasteiger charge is -2.16. The maximum Gasteiger partial charge on any atom is 0.197 e. The van der Waals surface area contributed by atoms with Gasteiger partial charge >= 0.3 is 0 Å². The lowest BCUT2D eigenvalue weighted by molar-refractivity contribution is 0.274. The molecule has 0 spiro atoms. The van der Waals surface area contributed by atoms with E-state index in [0.717, 1.165) is 17.6 Å². The van der Waals surface area contributed by atoms with Crippen LogP contribution in [0.25, 0.3) is 0 Å². The summed E-state index contributed by atoms with van der Waals surface area (Å²) in [5.74, 6) is 0.944. The van der Waals surface area contributed by atoms with Crippen molar-refractivity contribution in [3.8, 4) is 0 Å². The lowest BCUT2D eigenvalue weighted by Crippen LogP contribution is -2.18. The highest BCUT2D eigenvalue weighted by atomic mass is 79.9. The number of ether oxygens (including phenoxy) is 1. The van der Waals surface area contributed by atoms with Crippen molar-refractivity contribution in [2.24, 2.45) is 4.99 Å². The fourth-order valence-corrected chi connectivity index (χ4v) is 4.00. The van der Waals surface area contributed by atoms with Gasteiger partial charge in [-0.2, -0.15) is 0 Å². The van der Waals surface area contributed by atoms with Gasteiger partial charge in [0.2, 0.25) is 0 Å². The zero-order valence-electron chi connectivity index (χ0n) is 13.6. The van der Waals surface area contributed by atoms with Gasteiger partial charge in [0.05, 0.1) is 10.8 Å². The van der Waals surface area contributed by atoms with Crippen molar-refractivity contribution in [2.75, 3.05) is 11.9 Å². The summed E-state index contributed by atoms with van der Waals surface area (Å²) in [6.45, 7) is 4.98. The summed E-state index contributed by atoms with van der Waals surface area (Å²) < 4.78 is 5.90. The van der Waals surface area contributed by atoms with Crippen LogP contribution >= 0.6 is 27.7 Å². The molecule has 22 heavy (non-hydrogen) atoms. The van der Waals surface area contributed by atoms with Crippen molar-refractivity contribution in [3.05, 3.63) is 30.3 Å². The quantitative estimate of drug-likeness (QED) is 0.309. The Hall–Kier alpha value is -0.480. The minimum absolute atomic E-state index is 0.0687. The van der Waals surface area contributed by atoms with Gasteiger partial charge < -0.3 is 4.74 Å². The molecule has 122 valence electrons. The van der Waals surface area contributed by atoms with E-state index in [2.05, 4.69) is 60.1 Å². The molecule has 0 radical (unpaired) electrons. The number of thioether (sulfide) groups is 1. The van der Waals surface area contributed by atoms with E-state index < -0.39 is 0 Å². The van der Waals surface area contributed by atoms with E-state index in [1.807, 2.05) is 11.8 Å². The Balaban J connectivity index is 1.95. The maximum atomic E-state index is 5.90. The fraction of sp³-hybridized carbons (Fsp3) is 0.611. The van der Waals surface area contributed by atoms with E-state index in [1.165, 1.54) is 30.6 Å². The van der Waals surface area contributed by atoms with E-state index in [-0.39, 0.29) is 5.54 Å². The summed E-state index contributed by atoms with van der Waals surface area (Å²) in [6, 6.07) is 10.6. The van der Waals surface area contributed by atoms with Gasteiger partial charge in [0.15, 0.2) is 5.90 Å². The lowest BCUT2D eigenvalue weighted by atomic mass is 10.1. The molecule has 1 aromatic rings. The molecule has 0 saturated carbocycles. The second-order valence-corrected chi connectivity index (χ2v) is 8.43. The number of aliphatic imine (C=N–C) groups is 1. The topological polar surface area (TPSA) is 21.6 Å². The number of benzene rings is 1. The first-order valence-electron chi connectivity index (χ1n) is 8.11. The van der Waals surface area contributed by atoms with Crippen LogP contribution in [0.15, 0.2) is 40.2 Å². The van der Waals surface area contributed by atoms with Gasteiger partial charge in [-0.05, 0) is 38.8 Å². The molecule has 1 aromatic carbocycles. The average Bonchev–Trinajstić information content (AvgIpc) is 2.87. The van der Waals surface area contributed by atoms with Gasteiger partial charge in [-0.3, -0.25) is 0 Å². The normalized spacial score (nSPS) is 17.9. The number of alkyl halides is 1. The molecule has 1 unspecified atom stereocenters.